The number of amides is 2. The van der Waals surface area contributed by atoms with E-state index in [1.807, 2.05) is 19.2 Å². The minimum absolute atomic E-state index is 0.00373. The first-order valence-corrected chi connectivity index (χ1v) is 9.67. The predicted octanol–water partition coefficient (Wildman–Crippen LogP) is 2.63. The van der Waals surface area contributed by atoms with E-state index in [1.54, 1.807) is 0 Å². The van der Waals surface area contributed by atoms with Crippen molar-refractivity contribution in [1.82, 2.24) is 9.80 Å². The minimum Gasteiger partial charge on any atom is -0.371 e. The molecule has 2 amide bonds. The summed E-state index contributed by atoms with van der Waals surface area (Å²) in [5.41, 5.74) is 2.55. The van der Waals surface area contributed by atoms with E-state index in [4.69, 9.17) is 0 Å². The molecule has 0 unspecified atom stereocenters. The van der Waals surface area contributed by atoms with Gasteiger partial charge >= 0.3 is 0 Å². The number of hydrogen-bond acceptors (Lipinski definition) is 4. The Bertz CT molecular complexity index is 698. The van der Waals surface area contributed by atoms with E-state index in [9.17, 15) is 9.59 Å². The zero-order chi connectivity index (χ0) is 18.1. The zero-order valence-electron chi connectivity index (χ0n) is 15.4. The van der Waals surface area contributed by atoms with Gasteiger partial charge in [-0.05, 0) is 44.4 Å². The van der Waals surface area contributed by atoms with Crippen LogP contribution in [0.25, 0.3) is 0 Å². The summed E-state index contributed by atoms with van der Waals surface area (Å²) in [6, 6.07) is 8.49. The number of carbonyl (C=O) groups excluding carboxylic acids is 2. The van der Waals surface area contributed by atoms with Gasteiger partial charge in [-0.1, -0.05) is 30.4 Å². The van der Waals surface area contributed by atoms with Gasteiger partial charge < -0.3 is 4.90 Å². The molecule has 3 aliphatic rings. The summed E-state index contributed by atoms with van der Waals surface area (Å²) in [6.07, 6.45) is 7.97. The second kappa shape index (κ2) is 7.23. The molecular formula is C21H27N3O2. The number of likely N-dealkylation sites (tertiary alicyclic amines) is 1. The van der Waals surface area contributed by atoms with Gasteiger partial charge in [0.15, 0.2) is 0 Å². The molecule has 0 bridgehead atoms. The number of rotatable bonds is 5. The van der Waals surface area contributed by atoms with Crippen molar-refractivity contribution in [3.63, 3.8) is 0 Å². The van der Waals surface area contributed by atoms with Crippen molar-refractivity contribution in [2.24, 2.45) is 11.8 Å². The predicted molar refractivity (Wildman–Crippen MR) is 101 cm³/mol. The Hall–Kier alpha value is -2.14. The number of para-hydroxylation sites is 1. The minimum atomic E-state index is -0.141. The van der Waals surface area contributed by atoms with Crippen molar-refractivity contribution in [3.8, 4) is 0 Å². The summed E-state index contributed by atoms with van der Waals surface area (Å²) in [5.74, 6) is -0.274. The first-order chi connectivity index (χ1) is 12.6. The van der Waals surface area contributed by atoms with E-state index in [0.29, 0.717) is 19.5 Å². The van der Waals surface area contributed by atoms with Crippen LogP contribution < -0.4 is 4.90 Å². The number of fused-ring (bicyclic) bond motifs is 1. The van der Waals surface area contributed by atoms with Gasteiger partial charge in [-0.25, -0.2) is 0 Å². The second-order valence-electron chi connectivity index (χ2n) is 7.74. The molecule has 0 aromatic heterocycles. The summed E-state index contributed by atoms with van der Waals surface area (Å²) in [5, 5.41) is 0. The Morgan fingerprint density at radius 3 is 2.27 bits per heavy atom. The third-order valence-electron chi connectivity index (χ3n) is 5.86. The highest BCUT2D eigenvalue weighted by molar-refractivity contribution is 6.05. The number of hydrogen-bond donors (Lipinski definition) is 0. The molecule has 5 nitrogen and oxygen atoms in total. The number of benzene rings is 1. The molecule has 2 aliphatic heterocycles. The Morgan fingerprint density at radius 2 is 1.62 bits per heavy atom. The SMILES string of the molecule is CN(Cc1ccccc1N1CCCC1)CN1C(=O)[C@H]2CC=CC[C@H]2C1=O. The molecule has 2 atom stereocenters. The fourth-order valence-corrected chi connectivity index (χ4v) is 4.50. The Balaban J connectivity index is 1.44. The molecule has 0 N–H and O–H groups in total. The molecule has 2 saturated heterocycles. The number of imide groups is 1. The molecule has 4 rings (SSSR count). The van der Waals surface area contributed by atoms with E-state index in [0.717, 1.165) is 19.6 Å². The monoisotopic (exact) mass is 353 g/mol. The Labute approximate surface area is 155 Å². The van der Waals surface area contributed by atoms with Gasteiger partial charge in [0.05, 0.1) is 18.5 Å². The van der Waals surface area contributed by atoms with Crippen LogP contribution in [0, 0.1) is 11.8 Å². The molecule has 26 heavy (non-hydrogen) atoms. The Morgan fingerprint density at radius 1 is 1.00 bits per heavy atom. The van der Waals surface area contributed by atoms with Crippen LogP contribution in [0.2, 0.25) is 0 Å². The van der Waals surface area contributed by atoms with Crippen LogP contribution >= 0.6 is 0 Å². The molecular weight excluding hydrogens is 326 g/mol. The summed E-state index contributed by atoms with van der Waals surface area (Å²) < 4.78 is 0. The van der Waals surface area contributed by atoms with Crippen LogP contribution in [0.15, 0.2) is 36.4 Å². The fourth-order valence-electron chi connectivity index (χ4n) is 4.50. The van der Waals surface area contributed by atoms with Crippen molar-refractivity contribution >= 4 is 17.5 Å². The normalized spacial score (nSPS) is 25.5. The smallest absolute Gasteiger partial charge is 0.234 e. The average molecular weight is 353 g/mol. The second-order valence-corrected chi connectivity index (χ2v) is 7.74. The molecule has 0 saturated carbocycles. The fraction of sp³-hybridized carbons (Fsp3) is 0.524. The number of nitrogens with zero attached hydrogens (tertiary/aromatic N) is 3. The largest absolute Gasteiger partial charge is 0.371 e. The van der Waals surface area contributed by atoms with Crippen molar-refractivity contribution in [2.45, 2.75) is 32.2 Å². The van der Waals surface area contributed by atoms with Crippen LogP contribution in [0.5, 0.6) is 0 Å². The van der Waals surface area contributed by atoms with Gasteiger partial charge in [-0.15, -0.1) is 0 Å². The average Bonchev–Trinajstić information content (AvgIpc) is 3.26. The van der Waals surface area contributed by atoms with Crippen LogP contribution in [0.4, 0.5) is 5.69 Å². The molecule has 0 spiro atoms. The van der Waals surface area contributed by atoms with E-state index in [2.05, 4.69) is 34.1 Å². The summed E-state index contributed by atoms with van der Waals surface area (Å²) >= 11 is 0. The van der Waals surface area contributed by atoms with E-state index in [-0.39, 0.29) is 23.7 Å². The highest BCUT2D eigenvalue weighted by Crippen LogP contribution is 2.35. The lowest BCUT2D eigenvalue weighted by Crippen LogP contribution is -2.40. The maximum absolute atomic E-state index is 12.7. The Kier molecular flexibility index (Phi) is 4.81. The lowest BCUT2D eigenvalue weighted by Gasteiger charge is -2.26. The number of anilines is 1. The molecule has 1 aliphatic carbocycles. The van der Waals surface area contributed by atoms with Gasteiger partial charge in [0.2, 0.25) is 11.8 Å². The zero-order valence-corrected chi connectivity index (χ0v) is 15.4. The number of allylic oxidation sites excluding steroid dienone is 2. The van der Waals surface area contributed by atoms with Gasteiger partial charge in [0.1, 0.15) is 0 Å². The van der Waals surface area contributed by atoms with Gasteiger partial charge in [-0.2, -0.15) is 0 Å². The van der Waals surface area contributed by atoms with E-state index < -0.39 is 0 Å². The highest BCUT2D eigenvalue weighted by atomic mass is 16.2. The van der Waals surface area contributed by atoms with E-state index >= 15 is 0 Å². The maximum atomic E-state index is 12.7. The van der Waals surface area contributed by atoms with Gasteiger partial charge in [0, 0.05) is 25.3 Å². The van der Waals surface area contributed by atoms with Crippen molar-refractivity contribution in [1.29, 1.82) is 0 Å². The molecule has 5 heteroatoms. The lowest BCUT2D eigenvalue weighted by molar-refractivity contribution is -0.142. The molecule has 138 valence electrons. The van der Waals surface area contributed by atoms with Gasteiger partial charge in [0.25, 0.3) is 0 Å². The van der Waals surface area contributed by atoms with Crippen LogP contribution in [-0.4, -0.2) is 48.4 Å². The molecule has 2 heterocycles. The van der Waals surface area contributed by atoms with Crippen molar-refractivity contribution in [3.05, 3.63) is 42.0 Å². The summed E-state index contributed by atoms with van der Waals surface area (Å²) in [7, 11) is 1.99. The van der Waals surface area contributed by atoms with E-state index in [1.165, 1.54) is 29.0 Å². The molecule has 2 fully saturated rings. The summed E-state index contributed by atoms with van der Waals surface area (Å²) in [6.45, 7) is 3.33. The van der Waals surface area contributed by atoms with Crippen molar-refractivity contribution in [2.75, 3.05) is 31.7 Å². The quantitative estimate of drug-likeness (QED) is 0.603. The number of carbonyl (C=O) groups is 2. The highest BCUT2D eigenvalue weighted by Gasteiger charge is 2.47. The van der Waals surface area contributed by atoms with Crippen LogP contribution in [0.3, 0.4) is 0 Å². The standard InChI is InChI=1S/C21H27N3O2/c1-22(14-16-8-2-5-11-19(16)23-12-6-7-13-23)15-24-20(25)17-9-3-4-10-18(17)21(24)26/h2-5,8,11,17-18H,6-7,9-10,12-15H2,1H3/t17-,18+. The van der Waals surface area contributed by atoms with Gasteiger partial charge in [-0.3, -0.25) is 19.4 Å². The third-order valence-corrected chi connectivity index (χ3v) is 5.86. The molecule has 0 radical (unpaired) electrons. The van der Waals surface area contributed by atoms with Crippen LogP contribution in [0.1, 0.15) is 31.2 Å². The van der Waals surface area contributed by atoms with Crippen molar-refractivity contribution < 1.29 is 9.59 Å². The lowest BCUT2D eigenvalue weighted by atomic mass is 9.85. The maximum Gasteiger partial charge on any atom is 0.234 e. The molecule has 1 aromatic carbocycles. The first-order valence-electron chi connectivity index (χ1n) is 9.67. The molecule has 1 aromatic rings. The third kappa shape index (κ3) is 3.16. The summed E-state index contributed by atoms with van der Waals surface area (Å²) in [4.78, 5) is 31.3. The van der Waals surface area contributed by atoms with Crippen LogP contribution in [-0.2, 0) is 16.1 Å². The first kappa shape index (κ1) is 17.3. The topological polar surface area (TPSA) is 43.9 Å².